The molecular formula is C28H26N4O2. The van der Waals surface area contributed by atoms with Gasteiger partial charge in [0.1, 0.15) is 5.60 Å². The molecule has 1 aliphatic carbocycles. The summed E-state index contributed by atoms with van der Waals surface area (Å²) in [7, 11) is 0. The van der Waals surface area contributed by atoms with Crippen LogP contribution in [0.15, 0.2) is 54.7 Å². The molecule has 34 heavy (non-hydrogen) atoms. The molecule has 0 spiro atoms. The molecule has 2 aromatic heterocycles. The molecule has 2 aliphatic rings. The minimum atomic E-state index is -1.06. The maximum absolute atomic E-state index is 13.3. The zero-order chi connectivity index (χ0) is 23.1. The molecule has 1 aliphatic heterocycles. The van der Waals surface area contributed by atoms with Gasteiger partial charge in [-0.05, 0) is 60.7 Å². The monoisotopic (exact) mass is 450 g/mol. The average molecular weight is 451 g/mol. The van der Waals surface area contributed by atoms with Crippen LogP contribution in [0.4, 0.5) is 0 Å². The second-order valence-corrected chi connectivity index (χ2v) is 9.30. The number of aromatic nitrogens is 3. The number of hydrogen-bond donors (Lipinski definition) is 3. The number of aryl methyl sites for hydroxylation is 2. The minimum absolute atomic E-state index is 0.00534. The highest BCUT2D eigenvalue weighted by molar-refractivity contribution is 6.00. The summed E-state index contributed by atoms with van der Waals surface area (Å²) in [4.78, 5) is 18.7. The number of amides is 1. The van der Waals surface area contributed by atoms with Crippen molar-refractivity contribution in [2.24, 2.45) is 0 Å². The number of aliphatic hydroxyl groups is 1. The topological polar surface area (TPSA) is 85.0 Å². The Balaban J connectivity index is 1.22. The number of nitrogens with zero attached hydrogens (tertiary/aromatic N) is 2. The van der Waals surface area contributed by atoms with Gasteiger partial charge in [-0.25, -0.2) is 0 Å². The number of hydrogen-bond acceptors (Lipinski definition) is 3. The SMILES string of the molecule is O=C(c1ccc2[nH]c3c(c2c1)CCCc1cn[nH]c1-3)N1CCC(O)(C#Cc2ccccc2)CC1. The van der Waals surface area contributed by atoms with E-state index in [9.17, 15) is 9.90 Å². The molecule has 4 aromatic rings. The van der Waals surface area contributed by atoms with E-state index in [0.29, 0.717) is 31.5 Å². The number of fused-ring (bicyclic) bond motifs is 5. The molecule has 6 nitrogen and oxygen atoms in total. The Labute approximate surface area is 198 Å². The number of carbonyl (C=O) groups is 1. The van der Waals surface area contributed by atoms with Crippen molar-refractivity contribution in [1.29, 1.82) is 0 Å². The Bertz CT molecular complexity index is 1430. The van der Waals surface area contributed by atoms with Crippen molar-refractivity contribution in [3.8, 4) is 23.2 Å². The maximum atomic E-state index is 13.3. The van der Waals surface area contributed by atoms with Crippen molar-refractivity contribution in [2.75, 3.05) is 13.1 Å². The third kappa shape index (κ3) is 3.68. The molecule has 1 fully saturated rings. The van der Waals surface area contributed by atoms with E-state index in [1.54, 1.807) is 0 Å². The number of nitrogens with one attached hydrogen (secondary N) is 2. The van der Waals surface area contributed by atoms with Crippen LogP contribution < -0.4 is 0 Å². The van der Waals surface area contributed by atoms with Gasteiger partial charge in [0.25, 0.3) is 5.91 Å². The quantitative estimate of drug-likeness (QED) is 0.382. The highest BCUT2D eigenvalue weighted by Crippen LogP contribution is 2.36. The lowest BCUT2D eigenvalue weighted by Gasteiger charge is -2.35. The van der Waals surface area contributed by atoms with E-state index in [-0.39, 0.29) is 5.91 Å². The van der Waals surface area contributed by atoms with Gasteiger partial charge in [-0.1, -0.05) is 30.0 Å². The van der Waals surface area contributed by atoms with Crippen molar-refractivity contribution in [1.82, 2.24) is 20.1 Å². The van der Waals surface area contributed by atoms with Gasteiger partial charge < -0.3 is 15.0 Å². The van der Waals surface area contributed by atoms with E-state index >= 15 is 0 Å². The highest BCUT2D eigenvalue weighted by Gasteiger charge is 2.33. The van der Waals surface area contributed by atoms with Gasteiger partial charge in [0.15, 0.2) is 0 Å². The third-order valence-corrected chi connectivity index (χ3v) is 7.08. The Kier molecular flexibility index (Phi) is 5.00. The molecular weight excluding hydrogens is 424 g/mol. The predicted octanol–water partition coefficient (Wildman–Crippen LogP) is 4.07. The van der Waals surface area contributed by atoms with E-state index in [2.05, 4.69) is 27.0 Å². The van der Waals surface area contributed by atoms with Gasteiger partial charge in [0.05, 0.1) is 17.6 Å². The second-order valence-electron chi connectivity index (χ2n) is 9.30. The first kappa shape index (κ1) is 20.8. The zero-order valence-electron chi connectivity index (χ0n) is 18.9. The maximum Gasteiger partial charge on any atom is 0.253 e. The van der Waals surface area contributed by atoms with Gasteiger partial charge in [-0.15, -0.1) is 0 Å². The van der Waals surface area contributed by atoms with Crippen LogP contribution in [0, 0.1) is 11.8 Å². The first-order valence-electron chi connectivity index (χ1n) is 11.9. The molecule has 0 unspecified atom stereocenters. The number of carbonyl (C=O) groups excluding carboxylic acids is 1. The molecule has 1 saturated heterocycles. The standard InChI is InChI=1S/C28H26N4O2/c33-27(32-15-13-28(34,14-16-32)12-11-19-5-2-1-3-6-19)20-9-10-24-23(17-20)22-8-4-7-21-18-29-31-25(21)26(22)30-24/h1-3,5-6,9-10,17-18,30,34H,4,7-8,13-16H2,(H,29,31). The van der Waals surface area contributed by atoms with Crippen LogP contribution in [0.3, 0.4) is 0 Å². The van der Waals surface area contributed by atoms with Gasteiger partial charge in [-0.3, -0.25) is 9.89 Å². The fourth-order valence-corrected chi connectivity index (χ4v) is 5.12. The van der Waals surface area contributed by atoms with Crippen LogP contribution in [-0.4, -0.2) is 49.8 Å². The Morgan fingerprint density at radius 1 is 1.06 bits per heavy atom. The summed E-state index contributed by atoms with van der Waals surface area (Å²) in [6.45, 7) is 0.971. The van der Waals surface area contributed by atoms with Crippen molar-refractivity contribution in [3.63, 3.8) is 0 Å². The van der Waals surface area contributed by atoms with E-state index in [0.717, 1.165) is 47.1 Å². The van der Waals surface area contributed by atoms with Crippen LogP contribution in [0.1, 0.15) is 46.3 Å². The van der Waals surface area contributed by atoms with Crippen LogP contribution in [0.5, 0.6) is 0 Å². The predicted molar refractivity (Wildman–Crippen MR) is 131 cm³/mol. The molecule has 0 atom stereocenters. The second kappa shape index (κ2) is 8.19. The summed E-state index contributed by atoms with van der Waals surface area (Å²) in [5.41, 5.74) is 6.17. The van der Waals surface area contributed by atoms with Crippen LogP contribution >= 0.6 is 0 Å². The van der Waals surface area contributed by atoms with Crippen molar-refractivity contribution in [2.45, 2.75) is 37.7 Å². The molecule has 0 radical (unpaired) electrons. The number of piperidine rings is 1. The molecule has 3 N–H and O–H groups in total. The van der Waals surface area contributed by atoms with E-state index < -0.39 is 5.60 Å². The van der Waals surface area contributed by atoms with Gasteiger partial charge in [0, 0.05) is 48.0 Å². The number of rotatable bonds is 1. The number of benzene rings is 2. The number of H-pyrrole nitrogens is 2. The lowest BCUT2D eigenvalue weighted by molar-refractivity contribution is 0.0249. The molecule has 0 bridgehead atoms. The van der Waals surface area contributed by atoms with Crippen molar-refractivity contribution in [3.05, 3.63) is 77.0 Å². The summed E-state index contributed by atoms with van der Waals surface area (Å²) >= 11 is 0. The normalized spacial score (nSPS) is 16.8. The Morgan fingerprint density at radius 3 is 2.71 bits per heavy atom. The summed E-state index contributed by atoms with van der Waals surface area (Å²) in [6, 6.07) is 15.6. The molecule has 1 amide bonds. The zero-order valence-corrected chi connectivity index (χ0v) is 18.9. The molecule has 170 valence electrons. The Morgan fingerprint density at radius 2 is 1.88 bits per heavy atom. The van der Waals surface area contributed by atoms with Crippen LogP contribution in [0.2, 0.25) is 0 Å². The largest absolute Gasteiger partial charge is 0.377 e. The molecule has 0 saturated carbocycles. The number of aromatic amines is 2. The summed E-state index contributed by atoms with van der Waals surface area (Å²) in [5, 5.41) is 19.4. The smallest absolute Gasteiger partial charge is 0.253 e. The summed E-state index contributed by atoms with van der Waals surface area (Å²) < 4.78 is 0. The van der Waals surface area contributed by atoms with Gasteiger partial charge >= 0.3 is 0 Å². The third-order valence-electron chi connectivity index (χ3n) is 7.08. The first-order chi connectivity index (χ1) is 16.6. The van der Waals surface area contributed by atoms with Crippen molar-refractivity contribution < 1.29 is 9.90 Å². The fraction of sp³-hybridized carbons (Fsp3) is 0.286. The van der Waals surface area contributed by atoms with Gasteiger partial charge in [0.2, 0.25) is 0 Å². The Hall–Kier alpha value is -3.82. The van der Waals surface area contributed by atoms with E-state index in [1.807, 2.05) is 59.6 Å². The average Bonchev–Trinajstić information content (AvgIpc) is 3.44. The lowest BCUT2D eigenvalue weighted by Crippen LogP contribution is -2.46. The molecule has 6 heteroatoms. The van der Waals surface area contributed by atoms with Crippen LogP contribution in [-0.2, 0) is 12.8 Å². The van der Waals surface area contributed by atoms with E-state index in [4.69, 9.17) is 0 Å². The van der Waals surface area contributed by atoms with Gasteiger partial charge in [-0.2, -0.15) is 5.10 Å². The lowest BCUT2D eigenvalue weighted by atomic mass is 9.91. The number of likely N-dealkylation sites (tertiary alicyclic amines) is 1. The van der Waals surface area contributed by atoms with E-state index in [1.165, 1.54) is 11.1 Å². The summed E-state index contributed by atoms with van der Waals surface area (Å²) in [6.07, 6.45) is 5.82. The molecule has 2 aromatic carbocycles. The summed E-state index contributed by atoms with van der Waals surface area (Å²) in [5.74, 6) is 6.11. The molecule has 3 heterocycles. The van der Waals surface area contributed by atoms with Crippen LogP contribution in [0.25, 0.3) is 22.3 Å². The molecule has 6 rings (SSSR count). The van der Waals surface area contributed by atoms with Crippen molar-refractivity contribution >= 4 is 16.8 Å². The first-order valence-corrected chi connectivity index (χ1v) is 11.9. The minimum Gasteiger partial charge on any atom is -0.377 e. The fourth-order valence-electron chi connectivity index (χ4n) is 5.12. The highest BCUT2D eigenvalue weighted by atomic mass is 16.3.